The van der Waals surface area contributed by atoms with Crippen molar-refractivity contribution in [2.75, 3.05) is 6.61 Å². The van der Waals surface area contributed by atoms with Gasteiger partial charge in [0.1, 0.15) is 11.5 Å². The lowest BCUT2D eigenvalue weighted by Crippen LogP contribution is -2.01. The second-order valence-corrected chi connectivity index (χ2v) is 5.70. The fourth-order valence-corrected chi connectivity index (χ4v) is 2.49. The van der Waals surface area contributed by atoms with Gasteiger partial charge in [0.15, 0.2) is 5.82 Å². The summed E-state index contributed by atoms with van der Waals surface area (Å²) >= 11 is 5.23. The van der Waals surface area contributed by atoms with Gasteiger partial charge in [0.2, 0.25) is 4.77 Å². The van der Waals surface area contributed by atoms with Crippen molar-refractivity contribution in [3.8, 4) is 22.9 Å². The molecule has 0 amide bonds. The number of hydrogen-bond donors (Lipinski definition) is 1. The molecule has 0 fully saturated rings. The molecule has 0 saturated heterocycles. The van der Waals surface area contributed by atoms with Gasteiger partial charge in [-0.2, -0.15) is 23.7 Å². The minimum absolute atomic E-state index is 0.0807. The Morgan fingerprint density at radius 1 is 1.15 bits per heavy atom. The molecule has 140 valence electrons. The lowest BCUT2D eigenvalue weighted by molar-refractivity contribution is -0.0498. The van der Waals surface area contributed by atoms with Crippen molar-refractivity contribution in [3.63, 3.8) is 0 Å². The van der Waals surface area contributed by atoms with Crippen LogP contribution in [0.1, 0.15) is 12.5 Å². The van der Waals surface area contributed by atoms with E-state index in [2.05, 4.69) is 20.0 Å². The fraction of sp³-hybridized carbons (Fsp3) is 0.167. The van der Waals surface area contributed by atoms with E-state index in [1.54, 1.807) is 18.3 Å². The maximum Gasteiger partial charge on any atom is 0.387 e. The normalized spacial score (nSPS) is 11.3. The average Bonchev–Trinajstić information content (AvgIpc) is 3.02. The zero-order valence-corrected chi connectivity index (χ0v) is 15.1. The molecule has 0 unspecified atom stereocenters. The standard InChI is InChI=1S/C18H16F2N4O2S/c1-2-25-14-9-5-13(6-10-14)16-22-23-18(27)24(16)21-11-12-3-7-15(8-4-12)26-17(19)20/h3-11,17H,2H2,1H3,(H,23,27)/b21-11+. The molecule has 0 saturated carbocycles. The number of nitrogens with one attached hydrogen (secondary N) is 1. The van der Waals surface area contributed by atoms with E-state index in [1.165, 1.54) is 16.8 Å². The third-order valence-electron chi connectivity index (χ3n) is 3.50. The first-order valence-corrected chi connectivity index (χ1v) is 8.47. The van der Waals surface area contributed by atoms with Crippen molar-refractivity contribution in [2.24, 2.45) is 5.10 Å². The topological polar surface area (TPSA) is 64.4 Å². The number of rotatable bonds is 7. The molecule has 1 heterocycles. The van der Waals surface area contributed by atoms with Gasteiger partial charge in [-0.3, -0.25) is 0 Å². The zero-order valence-electron chi connectivity index (χ0n) is 14.3. The predicted octanol–water partition coefficient (Wildman–Crippen LogP) is 4.49. The maximum atomic E-state index is 12.2. The van der Waals surface area contributed by atoms with Crippen LogP contribution in [0.3, 0.4) is 0 Å². The number of halogens is 2. The molecule has 9 heteroatoms. The Morgan fingerprint density at radius 2 is 1.81 bits per heavy atom. The molecule has 0 aliphatic heterocycles. The molecule has 0 radical (unpaired) electrons. The van der Waals surface area contributed by atoms with Gasteiger partial charge < -0.3 is 9.47 Å². The summed E-state index contributed by atoms with van der Waals surface area (Å²) in [5.41, 5.74) is 1.50. The molecule has 0 spiro atoms. The Hall–Kier alpha value is -3.07. The number of H-pyrrole nitrogens is 1. The van der Waals surface area contributed by atoms with E-state index >= 15 is 0 Å². The van der Waals surface area contributed by atoms with Crippen molar-refractivity contribution in [3.05, 3.63) is 58.9 Å². The average molecular weight is 390 g/mol. The molecule has 2 aromatic carbocycles. The van der Waals surface area contributed by atoms with Crippen LogP contribution in [-0.4, -0.2) is 34.3 Å². The summed E-state index contributed by atoms with van der Waals surface area (Å²) in [5.74, 6) is 1.38. The quantitative estimate of drug-likeness (QED) is 0.477. The smallest absolute Gasteiger partial charge is 0.387 e. The summed E-state index contributed by atoms with van der Waals surface area (Å²) in [4.78, 5) is 0. The Morgan fingerprint density at radius 3 is 2.44 bits per heavy atom. The van der Waals surface area contributed by atoms with E-state index in [0.29, 0.717) is 22.8 Å². The molecular formula is C18H16F2N4O2S. The highest BCUT2D eigenvalue weighted by atomic mass is 32.1. The van der Waals surface area contributed by atoms with Crippen molar-refractivity contribution in [1.82, 2.24) is 14.9 Å². The van der Waals surface area contributed by atoms with Gasteiger partial charge in [0, 0.05) is 5.56 Å². The van der Waals surface area contributed by atoms with Crippen LogP contribution in [0, 0.1) is 4.77 Å². The van der Waals surface area contributed by atoms with Crippen LogP contribution >= 0.6 is 12.2 Å². The summed E-state index contributed by atoms with van der Waals surface area (Å²) in [6.45, 7) is -0.353. The van der Waals surface area contributed by atoms with Crippen LogP contribution in [0.15, 0.2) is 53.6 Å². The second kappa shape index (κ2) is 8.54. The summed E-state index contributed by atoms with van der Waals surface area (Å²) < 4.78 is 35.9. The van der Waals surface area contributed by atoms with Gasteiger partial charge in [-0.05, 0) is 73.2 Å². The second-order valence-electron chi connectivity index (χ2n) is 5.31. The summed E-state index contributed by atoms with van der Waals surface area (Å²) in [6, 6.07) is 13.5. The first-order chi connectivity index (χ1) is 13.1. The molecule has 1 N–H and O–H groups in total. The Balaban J connectivity index is 1.82. The molecule has 3 rings (SSSR count). The van der Waals surface area contributed by atoms with Gasteiger partial charge >= 0.3 is 6.61 Å². The largest absolute Gasteiger partial charge is 0.494 e. The van der Waals surface area contributed by atoms with Gasteiger partial charge in [-0.15, -0.1) is 0 Å². The van der Waals surface area contributed by atoms with E-state index in [9.17, 15) is 8.78 Å². The maximum absolute atomic E-state index is 12.2. The van der Waals surface area contributed by atoms with Crippen molar-refractivity contribution in [2.45, 2.75) is 13.5 Å². The summed E-state index contributed by atoms with van der Waals surface area (Å²) in [6.07, 6.45) is 1.55. The number of ether oxygens (including phenoxy) is 2. The SMILES string of the molecule is CCOc1ccc(-c2n[nH]c(=S)n2/N=C/c2ccc(OC(F)F)cc2)cc1. The number of nitrogens with zero attached hydrogens (tertiary/aromatic N) is 3. The minimum Gasteiger partial charge on any atom is -0.494 e. The van der Waals surface area contributed by atoms with Crippen LogP contribution in [-0.2, 0) is 0 Å². The number of hydrogen-bond acceptors (Lipinski definition) is 5. The lowest BCUT2D eigenvalue weighted by atomic mass is 10.2. The number of alkyl halides is 2. The zero-order chi connectivity index (χ0) is 19.2. The predicted molar refractivity (Wildman–Crippen MR) is 100 cm³/mol. The van der Waals surface area contributed by atoms with Crippen molar-refractivity contribution >= 4 is 18.4 Å². The summed E-state index contributed by atoms with van der Waals surface area (Å²) in [5, 5.41) is 11.3. The summed E-state index contributed by atoms with van der Waals surface area (Å²) in [7, 11) is 0. The fourth-order valence-electron chi connectivity index (χ4n) is 2.31. The highest BCUT2D eigenvalue weighted by Crippen LogP contribution is 2.21. The molecular weight excluding hydrogens is 374 g/mol. The molecule has 6 nitrogen and oxygen atoms in total. The molecule has 0 bridgehead atoms. The van der Waals surface area contributed by atoms with Gasteiger partial charge in [0.05, 0.1) is 12.8 Å². The van der Waals surface area contributed by atoms with Crippen molar-refractivity contribution < 1.29 is 18.3 Å². The van der Waals surface area contributed by atoms with Crippen LogP contribution in [0.4, 0.5) is 8.78 Å². The van der Waals surface area contributed by atoms with Gasteiger partial charge in [-0.25, -0.2) is 5.10 Å². The highest BCUT2D eigenvalue weighted by molar-refractivity contribution is 7.71. The van der Waals surface area contributed by atoms with E-state index in [1.807, 2.05) is 31.2 Å². The van der Waals surface area contributed by atoms with Crippen LogP contribution in [0.25, 0.3) is 11.4 Å². The van der Waals surface area contributed by atoms with Crippen molar-refractivity contribution in [1.29, 1.82) is 0 Å². The van der Waals surface area contributed by atoms with E-state index in [4.69, 9.17) is 17.0 Å². The Labute approximate surface area is 159 Å². The van der Waals surface area contributed by atoms with Crippen LogP contribution in [0.2, 0.25) is 0 Å². The molecule has 27 heavy (non-hydrogen) atoms. The third-order valence-corrected chi connectivity index (χ3v) is 3.77. The number of benzene rings is 2. The van der Waals surface area contributed by atoms with E-state index < -0.39 is 6.61 Å². The van der Waals surface area contributed by atoms with Crippen LogP contribution < -0.4 is 9.47 Å². The Bertz CT molecular complexity index is 966. The molecule has 0 atom stereocenters. The first-order valence-electron chi connectivity index (χ1n) is 8.06. The first kappa shape index (κ1) is 18.7. The van der Waals surface area contributed by atoms with Crippen LogP contribution in [0.5, 0.6) is 11.5 Å². The van der Waals surface area contributed by atoms with E-state index in [-0.39, 0.29) is 5.75 Å². The number of aromatic amines is 1. The molecule has 0 aliphatic carbocycles. The monoisotopic (exact) mass is 390 g/mol. The van der Waals surface area contributed by atoms with Gasteiger partial charge in [0.25, 0.3) is 0 Å². The molecule has 1 aromatic heterocycles. The minimum atomic E-state index is -2.86. The van der Waals surface area contributed by atoms with Gasteiger partial charge in [-0.1, -0.05) is 0 Å². The molecule has 0 aliphatic rings. The van der Waals surface area contributed by atoms with E-state index in [0.717, 1.165) is 11.3 Å². The molecule has 3 aromatic rings. The Kier molecular flexibility index (Phi) is 5.92. The number of aromatic nitrogens is 3. The third kappa shape index (κ3) is 4.76. The highest BCUT2D eigenvalue weighted by Gasteiger charge is 2.08. The lowest BCUT2D eigenvalue weighted by Gasteiger charge is -2.05.